The van der Waals surface area contributed by atoms with Crippen LogP contribution in [0.15, 0.2) is 22.7 Å². The van der Waals surface area contributed by atoms with Gasteiger partial charge < -0.3 is 0 Å². The third-order valence-corrected chi connectivity index (χ3v) is 3.09. The van der Waals surface area contributed by atoms with Crippen LogP contribution in [0.2, 0.25) is 0 Å². The minimum absolute atomic E-state index is 0.165. The monoisotopic (exact) mass is 224 g/mol. The molecule has 1 aliphatic rings. The van der Waals surface area contributed by atoms with E-state index in [4.69, 9.17) is 0 Å². The van der Waals surface area contributed by atoms with Gasteiger partial charge in [-0.2, -0.15) is 0 Å². The molecule has 1 aromatic rings. The molecule has 0 saturated carbocycles. The first-order valence-electron chi connectivity index (χ1n) is 4.01. The molecule has 0 bridgehead atoms. The van der Waals surface area contributed by atoms with Crippen LogP contribution in [0.3, 0.4) is 0 Å². The first-order valence-corrected chi connectivity index (χ1v) is 4.81. The van der Waals surface area contributed by atoms with Crippen molar-refractivity contribution in [2.45, 2.75) is 13.3 Å². The molecule has 0 N–H and O–H groups in total. The highest BCUT2D eigenvalue weighted by molar-refractivity contribution is 9.10. The number of benzene rings is 1. The van der Waals surface area contributed by atoms with Crippen molar-refractivity contribution in [3.63, 3.8) is 0 Å². The highest BCUT2D eigenvalue weighted by Gasteiger charge is 2.27. The van der Waals surface area contributed by atoms with Crippen LogP contribution >= 0.6 is 15.9 Å². The molecule has 1 aliphatic carbocycles. The van der Waals surface area contributed by atoms with Gasteiger partial charge in [0.2, 0.25) is 0 Å². The lowest BCUT2D eigenvalue weighted by atomic mass is 10.1. The highest BCUT2D eigenvalue weighted by Crippen LogP contribution is 2.31. The Bertz CT molecular complexity index is 344. The summed E-state index contributed by atoms with van der Waals surface area (Å²) >= 11 is 3.45. The van der Waals surface area contributed by atoms with Crippen LogP contribution < -0.4 is 0 Å². The van der Waals surface area contributed by atoms with E-state index in [1.165, 1.54) is 5.56 Å². The van der Waals surface area contributed by atoms with Gasteiger partial charge in [0.05, 0.1) is 0 Å². The Hall–Kier alpha value is -0.630. The summed E-state index contributed by atoms with van der Waals surface area (Å²) in [6.45, 7) is 1.98. The molecule has 1 aromatic carbocycles. The van der Waals surface area contributed by atoms with Crippen LogP contribution in [0.1, 0.15) is 22.8 Å². The molecule has 62 valence electrons. The fourth-order valence-corrected chi connectivity index (χ4v) is 2.19. The minimum atomic E-state index is 0.165. The van der Waals surface area contributed by atoms with Crippen molar-refractivity contribution in [1.29, 1.82) is 0 Å². The summed E-state index contributed by atoms with van der Waals surface area (Å²) in [5.74, 6) is 0.449. The largest absolute Gasteiger partial charge is 0.294 e. The van der Waals surface area contributed by atoms with Crippen LogP contribution in [0.25, 0.3) is 0 Å². The highest BCUT2D eigenvalue weighted by atomic mass is 79.9. The van der Waals surface area contributed by atoms with Gasteiger partial charge in [0.15, 0.2) is 5.78 Å². The van der Waals surface area contributed by atoms with Gasteiger partial charge in [-0.1, -0.05) is 35.0 Å². The van der Waals surface area contributed by atoms with Crippen molar-refractivity contribution < 1.29 is 4.79 Å². The Morgan fingerprint density at radius 3 is 2.92 bits per heavy atom. The Kier molecular flexibility index (Phi) is 1.80. The van der Waals surface area contributed by atoms with Gasteiger partial charge >= 0.3 is 0 Å². The molecule has 0 unspecified atom stereocenters. The average molecular weight is 225 g/mol. The Labute approximate surface area is 79.9 Å². The summed E-state index contributed by atoms with van der Waals surface area (Å²) in [7, 11) is 0. The summed E-state index contributed by atoms with van der Waals surface area (Å²) < 4.78 is 1.07. The third kappa shape index (κ3) is 1.02. The molecule has 12 heavy (non-hydrogen) atoms. The average Bonchev–Trinajstić information content (AvgIpc) is 2.32. The lowest BCUT2D eigenvalue weighted by Gasteiger charge is -1.98. The number of carbonyl (C=O) groups is 1. The third-order valence-electron chi connectivity index (χ3n) is 2.34. The predicted molar refractivity (Wildman–Crippen MR) is 51.3 cm³/mol. The van der Waals surface area contributed by atoms with Gasteiger partial charge in [0.25, 0.3) is 0 Å². The van der Waals surface area contributed by atoms with Crippen LogP contribution in [0.5, 0.6) is 0 Å². The summed E-state index contributed by atoms with van der Waals surface area (Å²) in [5, 5.41) is 0. The molecule has 0 spiro atoms. The molecule has 2 heteroatoms. The Morgan fingerprint density at radius 2 is 2.25 bits per heavy atom. The summed E-state index contributed by atoms with van der Waals surface area (Å²) in [5.41, 5.74) is 2.08. The van der Waals surface area contributed by atoms with Crippen molar-refractivity contribution in [3.8, 4) is 0 Å². The van der Waals surface area contributed by atoms with Crippen LogP contribution in [0.4, 0.5) is 0 Å². The molecule has 0 radical (unpaired) electrons. The van der Waals surface area contributed by atoms with E-state index in [0.29, 0.717) is 0 Å². The van der Waals surface area contributed by atoms with E-state index >= 15 is 0 Å². The van der Waals surface area contributed by atoms with Gasteiger partial charge in [-0.05, 0) is 18.1 Å². The van der Waals surface area contributed by atoms with Gasteiger partial charge in [-0.15, -0.1) is 0 Å². The smallest absolute Gasteiger partial charge is 0.166 e. The predicted octanol–water partition coefficient (Wildman–Crippen LogP) is 2.82. The fourth-order valence-electron chi connectivity index (χ4n) is 1.66. The maximum atomic E-state index is 11.5. The number of hydrogen-bond acceptors (Lipinski definition) is 1. The van der Waals surface area contributed by atoms with E-state index < -0.39 is 0 Å². The standard InChI is InChI=1S/C10H9BrO/c1-6-5-8-7(10(6)12)3-2-4-9(8)11/h2-4,6H,5H2,1H3/t6-/m1/s1. The molecule has 0 fully saturated rings. The van der Waals surface area contributed by atoms with Crippen molar-refractivity contribution in [2.24, 2.45) is 5.92 Å². The minimum Gasteiger partial charge on any atom is -0.294 e. The molecule has 1 atom stereocenters. The molecule has 0 amide bonds. The maximum Gasteiger partial charge on any atom is 0.166 e. The molecule has 2 rings (SSSR count). The number of carbonyl (C=O) groups excluding carboxylic acids is 1. The number of Topliss-reactive ketones (excluding diaryl/α,β-unsaturated/α-hetero) is 1. The molecule has 0 heterocycles. The van der Waals surface area contributed by atoms with Gasteiger partial charge in [-0.3, -0.25) is 4.79 Å². The van der Waals surface area contributed by atoms with E-state index in [-0.39, 0.29) is 11.7 Å². The van der Waals surface area contributed by atoms with Gasteiger partial charge in [0, 0.05) is 16.0 Å². The number of halogens is 1. The van der Waals surface area contributed by atoms with E-state index in [9.17, 15) is 4.79 Å². The zero-order valence-corrected chi connectivity index (χ0v) is 8.39. The molecule has 0 saturated heterocycles. The first kappa shape index (κ1) is 7.99. The molecule has 1 nitrogen and oxygen atoms in total. The number of hydrogen-bond donors (Lipinski definition) is 0. The van der Waals surface area contributed by atoms with Crippen molar-refractivity contribution in [2.75, 3.05) is 0 Å². The second kappa shape index (κ2) is 2.70. The molecular weight excluding hydrogens is 216 g/mol. The Morgan fingerprint density at radius 1 is 1.50 bits per heavy atom. The topological polar surface area (TPSA) is 17.1 Å². The van der Waals surface area contributed by atoms with Gasteiger partial charge in [-0.25, -0.2) is 0 Å². The molecule has 0 aromatic heterocycles. The van der Waals surface area contributed by atoms with Crippen LogP contribution in [0, 0.1) is 5.92 Å². The summed E-state index contributed by atoms with van der Waals surface area (Å²) in [6, 6.07) is 5.81. The van der Waals surface area contributed by atoms with E-state index in [1.54, 1.807) is 0 Å². The first-order chi connectivity index (χ1) is 5.70. The lowest BCUT2D eigenvalue weighted by molar-refractivity contribution is 0.0946. The van der Waals surface area contributed by atoms with Crippen molar-refractivity contribution in [1.82, 2.24) is 0 Å². The van der Waals surface area contributed by atoms with Crippen LogP contribution in [-0.2, 0) is 6.42 Å². The van der Waals surface area contributed by atoms with Crippen LogP contribution in [-0.4, -0.2) is 5.78 Å². The zero-order valence-electron chi connectivity index (χ0n) is 6.80. The second-order valence-corrected chi connectivity index (χ2v) is 4.09. The molecule has 0 aliphatic heterocycles. The number of ketones is 1. The van der Waals surface area contributed by atoms with Gasteiger partial charge in [0.1, 0.15) is 0 Å². The zero-order chi connectivity index (χ0) is 8.72. The van der Waals surface area contributed by atoms with E-state index in [2.05, 4.69) is 15.9 Å². The number of rotatable bonds is 0. The SMILES string of the molecule is C[C@@H]1Cc2c(Br)cccc2C1=O. The van der Waals surface area contributed by atoms with Crippen molar-refractivity contribution in [3.05, 3.63) is 33.8 Å². The second-order valence-electron chi connectivity index (χ2n) is 3.24. The maximum absolute atomic E-state index is 11.5. The summed E-state index contributed by atoms with van der Waals surface area (Å²) in [6.07, 6.45) is 0.885. The lowest BCUT2D eigenvalue weighted by Crippen LogP contribution is -2.02. The fraction of sp³-hybridized carbons (Fsp3) is 0.300. The normalized spacial score (nSPS) is 21.2. The quantitative estimate of drug-likeness (QED) is 0.663. The molecular formula is C10H9BrO. The Balaban J connectivity index is 2.61. The summed E-state index contributed by atoms with van der Waals surface area (Å²) in [4.78, 5) is 11.5. The number of fused-ring (bicyclic) bond motifs is 1. The van der Waals surface area contributed by atoms with Crippen molar-refractivity contribution >= 4 is 21.7 Å². The van der Waals surface area contributed by atoms with E-state index in [1.807, 2.05) is 25.1 Å². The van der Waals surface area contributed by atoms with E-state index in [0.717, 1.165) is 16.5 Å².